The van der Waals surface area contributed by atoms with Gasteiger partial charge in [0.2, 0.25) is 0 Å². The summed E-state index contributed by atoms with van der Waals surface area (Å²) in [5.74, 6) is -2.84. The predicted molar refractivity (Wildman–Crippen MR) is 60.8 cm³/mol. The van der Waals surface area contributed by atoms with Crippen molar-refractivity contribution in [2.24, 2.45) is 0 Å². The van der Waals surface area contributed by atoms with Gasteiger partial charge in [0.25, 0.3) is 5.91 Å². The zero-order chi connectivity index (χ0) is 12.4. The molecular weight excluding hydrogens is 248 g/mol. The zero-order valence-corrected chi connectivity index (χ0v) is 9.22. The van der Waals surface area contributed by atoms with Crippen LogP contribution in [0, 0.1) is 11.6 Å². The first-order chi connectivity index (χ1) is 8.08. The van der Waals surface area contributed by atoms with Crippen molar-refractivity contribution in [2.75, 3.05) is 11.1 Å². The fourth-order valence-corrected chi connectivity index (χ4v) is 1.73. The predicted octanol–water partition coefficient (Wildman–Crippen LogP) is 2.26. The van der Waals surface area contributed by atoms with Crippen LogP contribution < -0.4 is 11.1 Å². The number of nitrogens with two attached hydrogens (primary N) is 1. The minimum absolute atomic E-state index is 0.126. The van der Waals surface area contributed by atoms with Crippen LogP contribution in [0.5, 0.6) is 0 Å². The molecule has 0 bridgehead atoms. The minimum atomic E-state index is -1.12. The molecule has 0 aliphatic heterocycles. The van der Waals surface area contributed by atoms with Gasteiger partial charge in [0.1, 0.15) is 0 Å². The van der Waals surface area contributed by atoms with Gasteiger partial charge in [-0.2, -0.15) is 0 Å². The lowest BCUT2D eigenvalue weighted by molar-refractivity contribution is 0.102. The van der Waals surface area contributed by atoms with E-state index < -0.39 is 17.5 Å². The third-order valence-corrected chi connectivity index (χ3v) is 2.68. The normalized spacial score (nSPS) is 10.2. The lowest BCUT2D eigenvalue weighted by Gasteiger charge is -2.05. The maximum Gasteiger partial charge on any atom is 0.259 e. The Kier molecular flexibility index (Phi) is 3.01. The monoisotopic (exact) mass is 255 g/mol. The van der Waals surface area contributed by atoms with Gasteiger partial charge in [0.15, 0.2) is 16.8 Å². The number of nitrogen functional groups attached to an aromatic ring is 1. The highest BCUT2D eigenvalue weighted by molar-refractivity contribution is 7.13. The number of nitrogens with zero attached hydrogens (tertiary/aromatic N) is 1. The lowest BCUT2D eigenvalue weighted by Crippen LogP contribution is -2.14. The fourth-order valence-electron chi connectivity index (χ4n) is 1.21. The van der Waals surface area contributed by atoms with E-state index in [1.54, 1.807) is 5.38 Å². The van der Waals surface area contributed by atoms with Crippen LogP contribution in [0.4, 0.5) is 19.6 Å². The molecule has 2 aromatic rings. The van der Waals surface area contributed by atoms with Gasteiger partial charge < -0.3 is 5.73 Å². The summed E-state index contributed by atoms with van der Waals surface area (Å²) < 4.78 is 25.8. The second-order valence-corrected chi connectivity index (χ2v) is 4.04. The van der Waals surface area contributed by atoms with Crippen molar-refractivity contribution in [2.45, 2.75) is 0 Å². The number of aromatic nitrogens is 1. The molecule has 0 unspecified atom stereocenters. The molecule has 0 aliphatic rings. The van der Waals surface area contributed by atoms with E-state index in [4.69, 9.17) is 5.73 Å². The molecule has 0 radical (unpaired) electrons. The van der Waals surface area contributed by atoms with Crippen molar-refractivity contribution >= 4 is 28.1 Å². The molecule has 1 heterocycles. The number of carbonyl (C=O) groups excluding carboxylic acids is 1. The molecule has 1 aromatic heterocycles. The van der Waals surface area contributed by atoms with Gasteiger partial charge >= 0.3 is 0 Å². The van der Waals surface area contributed by atoms with E-state index >= 15 is 0 Å². The molecule has 2 rings (SSSR count). The molecule has 1 aromatic carbocycles. The van der Waals surface area contributed by atoms with Crippen LogP contribution in [-0.2, 0) is 0 Å². The summed E-state index contributed by atoms with van der Waals surface area (Å²) in [5, 5.41) is 4.46. The third kappa shape index (κ3) is 2.39. The van der Waals surface area contributed by atoms with Crippen molar-refractivity contribution in [3.8, 4) is 0 Å². The molecule has 0 spiro atoms. The summed E-state index contributed by atoms with van der Waals surface area (Å²) in [6.45, 7) is 0. The number of thiazole rings is 1. The van der Waals surface area contributed by atoms with Crippen molar-refractivity contribution in [3.05, 3.63) is 40.9 Å². The number of nitrogens with one attached hydrogen (secondary N) is 1. The van der Waals surface area contributed by atoms with Crippen molar-refractivity contribution in [3.63, 3.8) is 0 Å². The van der Waals surface area contributed by atoms with Gasteiger partial charge in [-0.3, -0.25) is 10.1 Å². The van der Waals surface area contributed by atoms with Gasteiger partial charge in [-0.05, 0) is 6.07 Å². The summed E-state index contributed by atoms with van der Waals surface area (Å²) in [4.78, 5) is 15.5. The van der Waals surface area contributed by atoms with Crippen LogP contribution in [0.25, 0.3) is 0 Å². The Hall–Kier alpha value is -2.02. The number of rotatable bonds is 2. The maximum absolute atomic E-state index is 13.0. The van der Waals surface area contributed by atoms with Gasteiger partial charge in [0, 0.05) is 23.3 Å². The van der Waals surface area contributed by atoms with E-state index in [0.29, 0.717) is 5.13 Å². The third-order valence-electron chi connectivity index (χ3n) is 1.99. The molecule has 4 nitrogen and oxygen atoms in total. The van der Waals surface area contributed by atoms with E-state index in [1.165, 1.54) is 17.5 Å². The second kappa shape index (κ2) is 4.46. The number of halogens is 2. The molecule has 7 heteroatoms. The lowest BCUT2D eigenvalue weighted by atomic mass is 10.1. The average molecular weight is 255 g/mol. The SMILES string of the molecule is Nc1cc(F)c(F)cc1C(=O)Nc1nccs1. The highest BCUT2D eigenvalue weighted by Crippen LogP contribution is 2.19. The summed E-state index contributed by atoms with van der Waals surface area (Å²) in [6, 6.07) is 1.53. The topological polar surface area (TPSA) is 68.0 Å². The van der Waals surface area contributed by atoms with Gasteiger partial charge in [0.05, 0.1) is 5.56 Å². The molecule has 0 aliphatic carbocycles. The van der Waals surface area contributed by atoms with Gasteiger partial charge in [-0.1, -0.05) is 0 Å². The highest BCUT2D eigenvalue weighted by Gasteiger charge is 2.15. The van der Waals surface area contributed by atoms with Crippen LogP contribution in [-0.4, -0.2) is 10.9 Å². The molecule has 88 valence electrons. The fraction of sp³-hybridized carbons (Fsp3) is 0. The quantitative estimate of drug-likeness (QED) is 0.809. The smallest absolute Gasteiger partial charge is 0.259 e. The van der Waals surface area contributed by atoms with Gasteiger partial charge in [-0.25, -0.2) is 13.8 Å². The van der Waals surface area contributed by atoms with E-state index in [9.17, 15) is 13.6 Å². The molecule has 0 saturated heterocycles. The molecule has 1 amide bonds. The van der Waals surface area contributed by atoms with Crippen molar-refractivity contribution in [1.29, 1.82) is 0 Å². The number of carbonyl (C=O) groups is 1. The molecule has 17 heavy (non-hydrogen) atoms. The Morgan fingerprint density at radius 3 is 2.71 bits per heavy atom. The van der Waals surface area contributed by atoms with Crippen LogP contribution in [0.1, 0.15) is 10.4 Å². The standard InChI is InChI=1S/C10H7F2N3OS/c11-6-3-5(8(13)4-7(6)12)9(16)15-10-14-1-2-17-10/h1-4H,13H2,(H,14,15,16). The molecule has 0 saturated carbocycles. The summed E-state index contributed by atoms with van der Waals surface area (Å²) >= 11 is 1.21. The molecule has 3 N–H and O–H groups in total. The first kappa shape index (κ1) is 11.5. The Balaban J connectivity index is 2.28. The summed E-state index contributed by atoms with van der Waals surface area (Å²) in [5.41, 5.74) is 5.18. The van der Waals surface area contributed by atoms with Crippen LogP contribution in [0.3, 0.4) is 0 Å². The first-order valence-electron chi connectivity index (χ1n) is 4.53. The Morgan fingerprint density at radius 2 is 2.06 bits per heavy atom. The Labute approximate surface area is 99.1 Å². The van der Waals surface area contributed by atoms with E-state index in [0.717, 1.165) is 12.1 Å². The average Bonchev–Trinajstić information content (AvgIpc) is 2.76. The van der Waals surface area contributed by atoms with Crippen LogP contribution >= 0.6 is 11.3 Å². The van der Waals surface area contributed by atoms with Crippen LogP contribution in [0.2, 0.25) is 0 Å². The van der Waals surface area contributed by atoms with Crippen molar-refractivity contribution < 1.29 is 13.6 Å². The molecule has 0 atom stereocenters. The Bertz CT molecular complexity index is 557. The van der Waals surface area contributed by atoms with Gasteiger partial charge in [-0.15, -0.1) is 11.3 Å². The number of amides is 1. The summed E-state index contributed by atoms with van der Waals surface area (Å²) in [7, 11) is 0. The number of hydrogen-bond acceptors (Lipinski definition) is 4. The maximum atomic E-state index is 13.0. The minimum Gasteiger partial charge on any atom is -0.398 e. The first-order valence-corrected chi connectivity index (χ1v) is 5.41. The number of anilines is 2. The van der Waals surface area contributed by atoms with Crippen LogP contribution in [0.15, 0.2) is 23.7 Å². The number of hydrogen-bond donors (Lipinski definition) is 2. The highest BCUT2D eigenvalue weighted by atomic mass is 32.1. The van der Waals surface area contributed by atoms with Crippen molar-refractivity contribution in [1.82, 2.24) is 4.98 Å². The van der Waals surface area contributed by atoms with E-state index in [-0.39, 0.29) is 11.3 Å². The Morgan fingerprint density at radius 1 is 1.35 bits per heavy atom. The molecular formula is C10H7F2N3OS. The number of benzene rings is 1. The zero-order valence-electron chi connectivity index (χ0n) is 8.41. The second-order valence-electron chi connectivity index (χ2n) is 3.14. The largest absolute Gasteiger partial charge is 0.398 e. The van der Waals surface area contributed by atoms with E-state index in [1.807, 2.05) is 0 Å². The molecule has 0 fully saturated rings. The summed E-state index contributed by atoms with van der Waals surface area (Å²) in [6.07, 6.45) is 1.51. The van der Waals surface area contributed by atoms with E-state index in [2.05, 4.69) is 10.3 Å².